The van der Waals surface area contributed by atoms with Gasteiger partial charge in [-0.15, -0.1) is 5.92 Å². The van der Waals surface area contributed by atoms with Gasteiger partial charge in [-0.1, -0.05) is 61.1 Å². The molecule has 0 spiro atoms. The van der Waals surface area contributed by atoms with Gasteiger partial charge in [0.15, 0.2) is 0 Å². The van der Waals surface area contributed by atoms with E-state index in [9.17, 15) is 0 Å². The van der Waals surface area contributed by atoms with Crippen LogP contribution in [-0.4, -0.2) is 23.3 Å². The van der Waals surface area contributed by atoms with Crippen molar-refractivity contribution in [3.63, 3.8) is 0 Å². The molecule has 17 heavy (non-hydrogen) atoms. The van der Waals surface area contributed by atoms with Gasteiger partial charge in [-0.25, -0.2) is 0 Å². The van der Waals surface area contributed by atoms with Gasteiger partial charge in [0, 0.05) is 11.3 Å². The summed E-state index contributed by atoms with van der Waals surface area (Å²) in [6.07, 6.45) is 2.08. The highest BCUT2D eigenvalue weighted by atomic mass is 33.1. The predicted molar refractivity (Wildman–Crippen MR) is 84.3 cm³/mol. The van der Waals surface area contributed by atoms with Crippen molar-refractivity contribution in [2.24, 2.45) is 0 Å². The summed E-state index contributed by atoms with van der Waals surface area (Å²) in [7, 11) is 3.67. The second-order valence-electron chi connectivity index (χ2n) is 4.51. The average Bonchev–Trinajstić information content (AvgIpc) is 2.24. The Morgan fingerprint density at radius 2 is 2.12 bits per heavy atom. The first-order chi connectivity index (χ1) is 7.99. The summed E-state index contributed by atoms with van der Waals surface area (Å²) in [4.78, 5) is 0. The van der Waals surface area contributed by atoms with E-state index in [0.717, 1.165) is 19.4 Å². The van der Waals surface area contributed by atoms with E-state index in [1.54, 1.807) is 10.8 Å². The summed E-state index contributed by atoms with van der Waals surface area (Å²) in [5, 5.41) is 0. The fourth-order valence-corrected chi connectivity index (χ4v) is 3.50. The lowest BCUT2D eigenvalue weighted by atomic mass is 10.3. The van der Waals surface area contributed by atoms with Crippen molar-refractivity contribution >= 4 is 34.4 Å². The molecule has 0 aliphatic carbocycles. The summed E-state index contributed by atoms with van der Waals surface area (Å²) in [6.45, 7) is 9.89. The normalized spacial score (nSPS) is 13.0. The highest BCUT2D eigenvalue weighted by Crippen LogP contribution is 2.39. The lowest BCUT2D eigenvalue weighted by Crippen LogP contribution is -2.13. The van der Waals surface area contributed by atoms with Crippen molar-refractivity contribution in [1.82, 2.24) is 4.72 Å². The van der Waals surface area contributed by atoms with Crippen LogP contribution in [0.5, 0.6) is 0 Å². The predicted octanol–water partition coefficient (Wildman–Crippen LogP) is 3.75. The Kier molecular flexibility index (Phi) is 10.8. The zero-order valence-electron chi connectivity index (χ0n) is 11.1. The molecule has 0 fully saturated rings. The molecule has 0 radical (unpaired) electrons. The monoisotopic (exact) mass is 293 g/mol. The van der Waals surface area contributed by atoms with E-state index in [0.29, 0.717) is 6.61 Å². The second-order valence-corrected chi connectivity index (χ2v) is 8.01. The van der Waals surface area contributed by atoms with Gasteiger partial charge >= 0.3 is 0 Å². The molecule has 100 valence electrons. The maximum absolute atomic E-state index is 5.74. The minimum Gasteiger partial charge on any atom is -0.354 e. The number of hydrogen-bond donors (Lipinski definition) is 2. The van der Waals surface area contributed by atoms with Crippen LogP contribution in [-0.2, 0) is 4.74 Å². The van der Waals surface area contributed by atoms with E-state index in [2.05, 4.69) is 50.1 Å². The molecule has 0 aliphatic heterocycles. The molecule has 0 saturated heterocycles. The van der Waals surface area contributed by atoms with Gasteiger partial charge in [-0.05, 0) is 19.8 Å². The van der Waals surface area contributed by atoms with Crippen LogP contribution in [0.15, 0.2) is 0 Å². The molecule has 0 heterocycles. The third-order valence-electron chi connectivity index (χ3n) is 1.65. The molecule has 5 heteroatoms. The summed E-state index contributed by atoms with van der Waals surface area (Å²) < 4.78 is 8.85. The van der Waals surface area contributed by atoms with E-state index in [-0.39, 0.29) is 10.2 Å². The van der Waals surface area contributed by atoms with Gasteiger partial charge in [0.05, 0.1) is 0 Å². The first-order valence-electron chi connectivity index (χ1n) is 5.72. The summed E-state index contributed by atoms with van der Waals surface area (Å²) in [5.41, 5.74) is 0.210. The number of nitrogens with one attached hydrogen (secondary N) is 1. The highest BCUT2D eigenvalue weighted by molar-refractivity contribution is 8.77. The summed E-state index contributed by atoms with van der Waals surface area (Å²) in [6, 6.07) is 0. The zero-order valence-corrected chi connectivity index (χ0v) is 13.6. The fraction of sp³-hybridized carbons (Fsp3) is 0.833. The van der Waals surface area contributed by atoms with E-state index in [1.807, 2.05) is 17.7 Å². The summed E-state index contributed by atoms with van der Waals surface area (Å²) >= 11 is 3.98. The highest BCUT2D eigenvalue weighted by Gasteiger charge is 2.16. The van der Waals surface area contributed by atoms with E-state index < -0.39 is 0 Å². The molecular weight excluding hydrogens is 270 g/mol. The molecule has 1 N–H and O–H groups in total. The van der Waals surface area contributed by atoms with Gasteiger partial charge in [-0.2, -0.15) is 0 Å². The van der Waals surface area contributed by atoms with Gasteiger partial charge in [0.2, 0.25) is 0 Å². The molecule has 0 bridgehead atoms. The Balaban J connectivity index is 3.94. The smallest absolute Gasteiger partial charge is 0.114 e. The molecule has 0 rings (SSSR count). The van der Waals surface area contributed by atoms with Crippen LogP contribution in [0.3, 0.4) is 0 Å². The van der Waals surface area contributed by atoms with Gasteiger partial charge in [0.1, 0.15) is 12.0 Å². The minimum absolute atomic E-state index is 0.210. The fourth-order valence-electron chi connectivity index (χ4n) is 0.912. The van der Waals surface area contributed by atoms with E-state index >= 15 is 0 Å². The van der Waals surface area contributed by atoms with Gasteiger partial charge in [-0.3, -0.25) is 4.72 Å². The first-order valence-corrected chi connectivity index (χ1v) is 8.38. The molecule has 1 atom stereocenters. The maximum atomic E-state index is 5.74. The van der Waals surface area contributed by atoms with E-state index in [4.69, 9.17) is 4.74 Å². The van der Waals surface area contributed by atoms with E-state index in [1.165, 1.54) is 0 Å². The molecule has 0 amide bonds. The van der Waals surface area contributed by atoms with Crippen molar-refractivity contribution in [1.29, 1.82) is 0 Å². The first kappa shape index (κ1) is 17.5. The molecule has 2 nitrogen and oxygen atoms in total. The zero-order chi connectivity index (χ0) is 13.1. The van der Waals surface area contributed by atoms with Crippen molar-refractivity contribution in [3.05, 3.63) is 0 Å². The topological polar surface area (TPSA) is 21.3 Å². The molecule has 0 saturated carbocycles. The molecule has 0 aromatic carbocycles. The Bertz CT molecular complexity index is 242. The quantitative estimate of drug-likeness (QED) is 0.234. The van der Waals surface area contributed by atoms with Crippen LogP contribution < -0.4 is 4.72 Å². The number of hydrogen-bond acceptors (Lipinski definition) is 5. The second kappa shape index (κ2) is 10.5. The largest absolute Gasteiger partial charge is 0.354 e. The van der Waals surface area contributed by atoms with Crippen LogP contribution in [0.4, 0.5) is 0 Å². The van der Waals surface area contributed by atoms with Crippen molar-refractivity contribution in [3.8, 4) is 11.8 Å². The van der Waals surface area contributed by atoms with Crippen LogP contribution in [0.2, 0.25) is 0 Å². The Morgan fingerprint density at radius 3 is 2.65 bits per heavy atom. The van der Waals surface area contributed by atoms with Gasteiger partial charge in [0.25, 0.3) is 0 Å². The average molecular weight is 294 g/mol. The SMILES string of the molecule is CC#CCOC(CCCNS)SSC(C)(C)C. The van der Waals surface area contributed by atoms with Crippen LogP contribution in [0.1, 0.15) is 40.5 Å². The number of thiol groups is 1. The Morgan fingerprint density at radius 1 is 1.41 bits per heavy atom. The third-order valence-corrected chi connectivity index (χ3v) is 5.49. The Hall–Kier alpha value is 0.530. The molecule has 1 unspecified atom stereocenters. The standard InChI is InChI=1S/C12H23NOS3/c1-5-6-10-14-11(8-7-9-13-15)16-17-12(2,3)4/h11,13,15H,7-10H2,1-4H3. The van der Waals surface area contributed by atoms with Crippen LogP contribution >= 0.6 is 34.4 Å². The van der Waals surface area contributed by atoms with Crippen molar-refractivity contribution < 1.29 is 4.74 Å². The van der Waals surface area contributed by atoms with Crippen molar-refractivity contribution in [2.75, 3.05) is 13.2 Å². The Labute approximate surface area is 119 Å². The molecule has 0 aromatic rings. The lowest BCUT2D eigenvalue weighted by molar-refractivity contribution is 0.137. The van der Waals surface area contributed by atoms with Crippen LogP contribution in [0.25, 0.3) is 0 Å². The van der Waals surface area contributed by atoms with Gasteiger partial charge < -0.3 is 4.74 Å². The molecule has 0 aliphatic rings. The van der Waals surface area contributed by atoms with Crippen LogP contribution in [0, 0.1) is 11.8 Å². The molecular formula is C12H23NOS3. The minimum atomic E-state index is 0.210. The third kappa shape index (κ3) is 12.8. The lowest BCUT2D eigenvalue weighted by Gasteiger charge is -2.21. The summed E-state index contributed by atoms with van der Waals surface area (Å²) in [5.74, 6) is 5.79. The number of ether oxygens (including phenoxy) is 1. The maximum Gasteiger partial charge on any atom is 0.114 e. The molecule has 0 aromatic heterocycles. The van der Waals surface area contributed by atoms with Crippen molar-refractivity contribution in [2.45, 2.75) is 50.7 Å². The number of rotatable bonds is 8.